The molecule has 2 aromatic carbocycles. The van der Waals surface area contributed by atoms with Crippen molar-refractivity contribution < 1.29 is 0 Å². The molecule has 0 aliphatic heterocycles. The molecule has 0 aliphatic rings. The summed E-state index contributed by atoms with van der Waals surface area (Å²) >= 11 is 1.55. The second-order valence-corrected chi connectivity index (χ2v) is 5.11. The predicted molar refractivity (Wildman–Crippen MR) is 77.7 cm³/mol. The summed E-state index contributed by atoms with van der Waals surface area (Å²) < 4.78 is 4.53. The highest BCUT2D eigenvalue weighted by atomic mass is 32.1. The minimum atomic E-state index is 1.05. The largest absolute Gasteiger partial charge is 0.192 e. The molecule has 2 heteroatoms. The Morgan fingerprint density at radius 2 is 1.56 bits per heavy atom. The van der Waals surface area contributed by atoms with Crippen LogP contribution in [0.5, 0.6) is 0 Å². The van der Waals surface area contributed by atoms with Gasteiger partial charge < -0.3 is 0 Å². The van der Waals surface area contributed by atoms with Gasteiger partial charge in [-0.25, -0.2) is 0 Å². The van der Waals surface area contributed by atoms with E-state index in [2.05, 4.69) is 53.8 Å². The molecule has 18 heavy (non-hydrogen) atoms. The number of rotatable bonds is 2. The van der Waals surface area contributed by atoms with Gasteiger partial charge in [0.05, 0.1) is 10.6 Å². The number of nitrogens with zero attached hydrogens (tertiary/aromatic N) is 1. The van der Waals surface area contributed by atoms with Gasteiger partial charge in [0, 0.05) is 5.56 Å². The molecule has 0 bridgehead atoms. The maximum absolute atomic E-state index is 4.53. The maximum Gasteiger partial charge on any atom is 0.0847 e. The number of aromatic nitrogens is 1. The van der Waals surface area contributed by atoms with Gasteiger partial charge in [-0.05, 0) is 30.1 Å². The summed E-state index contributed by atoms with van der Waals surface area (Å²) in [6.07, 6.45) is 0. The zero-order chi connectivity index (χ0) is 12.4. The molecule has 88 valence electrons. The summed E-state index contributed by atoms with van der Waals surface area (Å²) in [5, 5.41) is 0. The van der Waals surface area contributed by atoms with Crippen molar-refractivity contribution in [1.29, 1.82) is 0 Å². The smallest absolute Gasteiger partial charge is 0.0847 e. The fraction of sp³-hybridized carbons (Fsp3) is 0.0625. The molecule has 3 aromatic rings. The summed E-state index contributed by atoms with van der Waals surface area (Å²) in [6, 6.07) is 21.0. The Labute approximate surface area is 111 Å². The summed E-state index contributed by atoms with van der Waals surface area (Å²) in [6.45, 7) is 2.10. The molecule has 0 saturated heterocycles. The van der Waals surface area contributed by atoms with E-state index in [-0.39, 0.29) is 0 Å². The minimum Gasteiger partial charge on any atom is -0.192 e. The van der Waals surface area contributed by atoms with E-state index in [0.29, 0.717) is 0 Å². The van der Waals surface area contributed by atoms with E-state index in [1.54, 1.807) is 11.5 Å². The quantitative estimate of drug-likeness (QED) is 0.638. The Balaban J connectivity index is 1.97. The van der Waals surface area contributed by atoms with Crippen LogP contribution in [0.4, 0.5) is 0 Å². The topological polar surface area (TPSA) is 12.9 Å². The first kappa shape index (κ1) is 11.2. The highest BCUT2D eigenvalue weighted by Gasteiger charge is 2.05. The third-order valence-electron chi connectivity index (χ3n) is 2.92. The monoisotopic (exact) mass is 251 g/mol. The van der Waals surface area contributed by atoms with Crippen LogP contribution in [0.3, 0.4) is 0 Å². The van der Waals surface area contributed by atoms with Crippen LogP contribution in [0, 0.1) is 6.92 Å². The van der Waals surface area contributed by atoms with E-state index in [9.17, 15) is 0 Å². The molecule has 0 amide bonds. The first-order chi connectivity index (χ1) is 8.83. The van der Waals surface area contributed by atoms with Gasteiger partial charge in [-0.15, -0.1) is 0 Å². The predicted octanol–water partition coefficient (Wildman–Crippen LogP) is 4.79. The Kier molecular flexibility index (Phi) is 2.95. The van der Waals surface area contributed by atoms with Crippen LogP contribution in [0.25, 0.3) is 21.7 Å². The molecule has 0 aliphatic carbocycles. The average molecular weight is 251 g/mol. The summed E-state index contributed by atoms with van der Waals surface area (Å²) in [5.41, 5.74) is 4.75. The molecule has 0 N–H and O–H groups in total. The number of benzene rings is 2. The SMILES string of the molecule is Cc1ccc(-c2cc(-c3ccccc3)ns2)cc1. The van der Waals surface area contributed by atoms with Crippen molar-refractivity contribution in [2.24, 2.45) is 0 Å². The molecule has 1 aromatic heterocycles. The van der Waals surface area contributed by atoms with Crippen LogP contribution in [0.2, 0.25) is 0 Å². The summed E-state index contributed by atoms with van der Waals surface area (Å²) in [7, 11) is 0. The van der Waals surface area contributed by atoms with Crippen molar-refractivity contribution in [3.05, 3.63) is 66.2 Å². The summed E-state index contributed by atoms with van der Waals surface area (Å²) in [4.78, 5) is 1.22. The van der Waals surface area contributed by atoms with Gasteiger partial charge >= 0.3 is 0 Å². The molecule has 3 rings (SSSR count). The molecule has 0 atom stereocenters. The van der Waals surface area contributed by atoms with Crippen LogP contribution in [0.1, 0.15) is 5.56 Å². The molecular formula is C16H13NS. The second-order valence-electron chi connectivity index (χ2n) is 4.31. The lowest BCUT2D eigenvalue weighted by atomic mass is 10.1. The third-order valence-corrected chi connectivity index (χ3v) is 3.75. The fourth-order valence-corrected chi connectivity index (χ4v) is 2.63. The fourth-order valence-electron chi connectivity index (χ4n) is 1.87. The molecule has 0 spiro atoms. The average Bonchev–Trinajstić information content (AvgIpc) is 2.90. The van der Waals surface area contributed by atoms with Crippen molar-refractivity contribution in [2.45, 2.75) is 6.92 Å². The highest BCUT2D eigenvalue weighted by molar-refractivity contribution is 7.09. The molecule has 1 nitrogen and oxygen atoms in total. The van der Waals surface area contributed by atoms with Crippen LogP contribution in [0.15, 0.2) is 60.7 Å². The van der Waals surface area contributed by atoms with E-state index in [1.807, 2.05) is 18.2 Å². The van der Waals surface area contributed by atoms with Gasteiger partial charge in [-0.2, -0.15) is 4.37 Å². The van der Waals surface area contributed by atoms with Crippen LogP contribution < -0.4 is 0 Å². The van der Waals surface area contributed by atoms with Crippen molar-refractivity contribution in [2.75, 3.05) is 0 Å². The highest BCUT2D eigenvalue weighted by Crippen LogP contribution is 2.29. The molecule has 0 fully saturated rings. The Morgan fingerprint density at radius 1 is 0.833 bits per heavy atom. The molecular weight excluding hydrogens is 238 g/mol. The van der Waals surface area contributed by atoms with E-state index < -0.39 is 0 Å². The number of hydrogen-bond acceptors (Lipinski definition) is 2. The molecule has 1 heterocycles. The molecule has 0 radical (unpaired) electrons. The van der Waals surface area contributed by atoms with Gasteiger partial charge in [0.2, 0.25) is 0 Å². The minimum absolute atomic E-state index is 1.05. The van der Waals surface area contributed by atoms with Gasteiger partial charge in [-0.3, -0.25) is 0 Å². The van der Waals surface area contributed by atoms with Crippen molar-refractivity contribution >= 4 is 11.5 Å². The standard InChI is InChI=1S/C16H13NS/c1-12-7-9-14(10-8-12)16-11-15(17-18-16)13-5-3-2-4-6-13/h2-11H,1H3. The van der Waals surface area contributed by atoms with Crippen molar-refractivity contribution in [1.82, 2.24) is 4.37 Å². The van der Waals surface area contributed by atoms with Crippen molar-refractivity contribution in [3.8, 4) is 21.7 Å². The van der Waals surface area contributed by atoms with E-state index >= 15 is 0 Å². The van der Waals surface area contributed by atoms with Gasteiger partial charge in [0.25, 0.3) is 0 Å². The van der Waals surface area contributed by atoms with Gasteiger partial charge in [-0.1, -0.05) is 60.2 Å². The third kappa shape index (κ3) is 2.20. The first-order valence-corrected chi connectivity index (χ1v) is 6.69. The number of hydrogen-bond donors (Lipinski definition) is 0. The van der Waals surface area contributed by atoms with E-state index in [0.717, 1.165) is 5.69 Å². The second kappa shape index (κ2) is 4.75. The van der Waals surface area contributed by atoms with Crippen molar-refractivity contribution in [3.63, 3.8) is 0 Å². The van der Waals surface area contributed by atoms with E-state index in [4.69, 9.17) is 0 Å². The normalized spacial score (nSPS) is 10.5. The summed E-state index contributed by atoms with van der Waals surface area (Å²) in [5.74, 6) is 0. The van der Waals surface area contributed by atoms with E-state index in [1.165, 1.54) is 21.6 Å². The van der Waals surface area contributed by atoms with Crippen LogP contribution >= 0.6 is 11.5 Å². The van der Waals surface area contributed by atoms with Crippen LogP contribution in [-0.4, -0.2) is 4.37 Å². The Hall–Kier alpha value is -1.93. The lowest BCUT2D eigenvalue weighted by Crippen LogP contribution is -1.75. The molecule has 0 saturated carbocycles. The number of aryl methyl sites for hydroxylation is 1. The Morgan fingerprint density at radius 3 is 2.28 bits per heavy atom. The lowest BCUT2D eigenvalue weighted by molar-refractivity contribution is 1.48. The maximum atomic E-state index is 4.53. The lowest BCUT2D eigenvalue weighted by Gasteiger charge is -1.97. The zero-order valence-corrected chi connectivity index (χ0v) is 10.9. The molecule has 0 unspecified atom stereocenters. The first-order valence-electron chi connectivity index (χ1n) is 5.92. The van der Waals surface area contributed by atoms with Gasteiger partial charge in [0.15, 0.2) is 0 Å². The van der Waals surface area contributed by atoms with Crippen LogP contribution in [-0.2, 0) is 0 Å². The Bertz CT molecular complexity index is 638. The van der Waals surface area contributed by atoms with Gasteiger partial charge in [0.1, 0.15) is 0 Å². The zero-order valence-electron chi connectivity index (χ0n) is 10.1.